The van der Waals surface area contributed by atoms with Crippen molar-refractivity contribution in [1.29, 1.82) is 0 Å². The smallest absolute Gasteiger partial charge is 0.216 e. The first-order valence-corrected chi connectivity index (χ1v) is 4.65. The zero-order chi connectivity index (χ0) is 7.97. The summed E-state index contributed by atoms with van der Waals surface area (Å²) in [4.78, 5) is 0. The summed E-state index contributed by atoms with van der Waals surface area (Å²) in [5.74, 6) is 0.967. The molecule has 1 unspecified atom stereocenters. The predicted octanol–water partition coefficient (Wildman–Crippen LogP) is 2.64. The van der Waals surface area contributed by atoms with E-state index in [4.69, 9.17) is 9.05 Å². The Balaban J connectivity index is 2.18. The molecule has 0 spiro atoms. The van der Waals surface area contributed by atoms with Gasteiger partial charge in [-0.25, -0.2) is 0 Å². The highest BCUT2D eigenvalue weighted by Gasteiger charge is 2.32. The van der Waals surface area contributed by atoms with Crippen molar-refractivity contribution < 1.29 is 9.05 Å². The Morgan fingerprint density at radius 2 is 2.17 bits per heavy atom. The maximum Gasteiger partial charge on any atom is 0.216 e. The fourth-order valence-corrected chi connectivity index (χ4v) is 2.24. The zero-order valence-corrected chi connectivity index (χ0v) is 7.28. The Morgan fingerprint density at radius 3 is 3.17 bits per heavy atom. The second-order valence-electron chi connectivity index (χ2n) is 2.86. The van der Waals surface area contributed by atoms with Gasteiger partial charge in [0.05, 0.1) is 0 Å². The molecule has 0 bridgehead atoms. The fourth-order valence-electron chi connectivity index (χ4n) is 1.59. The van der Waals surface area contributed by atoms with Gasteiger partial charge in [0, 0.05) is 0 Å². The molecule has 0 aromatic heterocycles. The SMILES string of the molecule is C1=C2OPO[C@H]2c2ccccc21. The van der Waals surface area contributed by atoms with Crippen molar-refractivity contribution in [3.8, 4) is 0 Å². The first-order valence-electron chi connectivity index (χ1n) is 3.83. The van der Waals surface area contributed by atoms with E-state index < -0.39 is 0 Å². The van der Waals surface area contributed by atoms with Crippen LogP contribution in [0.4, 0.5) is 0 Å². The van der Waals surface area contributed by atoms with Gasteiger partial charge in [0.2, 0.25) is 9.03 Å². The Morgan fingerprint density at radius 1 is 1.25 bits per heavy atom. The third-order valence-electron chi connectivity index (χ3n) is 2.16. The standard InChI is InChI=1S/C9H7O2P/c1-2-4-7-6(3-1)5-8-9(7)11-12-10-8/h1-5,9,12H/t9-/m0/s1. The molecule has 2 nitrogen and oxygen atoms in total. The van der Waals surface area contributed by atoms with E-state index in [1.807, 2.05) is 12.1 Å². The van der Waals surface area contributed by atoms with Gasteiger partial charge in [0.15, 0.2) is 0 Å². The first kappa shape index (κ1) is 6.64. The Kier molecular flexibility index (Phi) is 1.28. The van der Waals surface area contributed by atoms with Crippen LogP contribution in [0.25, 0.3) is 6.08 Å². The maximum absolute atomic E-state index is 5.44. The first-order chi connectivity index (χ1) is 5.95. The van der Waals surface area contributed by atoms with Crippen molar-refractivity contribution in [2.75, 3.05) is 0 Å². The highest BCUT2D eigenvalue weighted by atomic mass is 31.1. The lowest BCUT2D eigenvalue weighted by Crippen LogP contribution is -1.92. The van der Waals surface area contributed by atoms with Gasteiger partial charge in [-0.2, -0.15) is 0 Å². The summed E-state index contributed by atoms with van der Waals surface area (Å²) < 4.78 is 10.8. The van der Waals surface area contributed by atoms with E-state index in [9.17, 15) is 0 Å². The lowest BCUT2D eigenvalue weighted by Gasteiger charge is -2.03. The summed E-state index contributed by atoms with van der Waals surface area (Å²) in [5, 5.41) is 0. The summed E-state index contributed by atoms with van der Waals surface area (Å²) >= 11 is 0. The van der Waals surface area contributed by atoms with Crippen LogP contribution in [0.3, 0.4) is 0 Å². The molecule has 1 fully saturated rings. The lowest BCUT2D eigenvalue weighted by molar-refractivity contribution is 0.301. The number of hydrogen-bond donors (Lipinski definition) is 0. The zero-order valence-electron chi connectivity index (χ0n) is 6.28. The van der Waals surface area contributed by atoms with Crippen molar-refractivity contribution in [3.63, 3.8) is 0 Å². The van der Waals surface area contributed by atoms with Gasteiger partial charge in [0.25, 0.3) is 0 Å². The van der Waals surface area contributed by atoms with Crippen LogP contribution in [0.5, 0.6) is 0 Å². The van der Waals surface area contributed by atoms with Crippen LogP contribution in [0, 0.1) is 0 Å². The molecule has 0 radical (unpaired) electrons. The molecule has 1 aromatic rings. The van der Waals surface area contributed by atoms with E-state index in [2.05, 4.69) is 18.2 Å². The van der Waals surface area contributed by atoms with Crippen LogP contribution in [0.15, 0.2) is 30.0 Å². The largest absolute Gasteiger partial charge is 0.451 e. The van der Waals surface area contributed by atoms with E-state index in [-0.39, 0.29) is 15.1 Å². The molecule has 3 rings (SSSR count). The van der Waals surface area contributed by atoms with E-state index in [0.29, 0.717) is 0 Å². The van der Waals surface area contributed by atoms with Gasteiger partial charge in [-0.15, -0.1) is 0 Å². The molecule has 1 heterocycles. The van der Waals surface area contributed by atoms with Crippen molar-refractivity contribution in [2.45, 2.75) is 6.10 Å². The molecule has 60 valence electrons. The van der Waals surface area contributed by atoms with Crippen LogP contribution >= 0.6 is 9.03 Å². The van der Waals surface area contributed by atoms with Crippen LogP contribution in [-0.2, 0) is 9.05 Å². The summed E-state index contributed by atoms with van der Waals surface area (Å²) in [6.07, 6.45) is 2.14. The summed E-state index contributed by atoms with van der Waals surface area (Å²) in [6.45, 7) is 0. The number of fused-ring (bicyclic) bond motifs is 3. The molecule has 1 saturated heterocycles. The molecule has 0 saturated carbocycles. The Bertz CT molecular complexity index is 359. The van der Waals surface area contributed by atoms with E-state index >= 15 is 0 Å². The van der Waals surface area contributed by atoms with Gasteiger partial charge in [-0.3, -0.25) is 0 Å². The minimum Gasteiger partial charge on any atom is -0.451 e. The topological polar surface area (TPSA) is 18.5 Å². The molecule has 0 amide bonds. The number of hydrogen-bond acceptors (Lipinski definition) is 2. The minimum atomic E-state index is 0.0829. The third-order valence-corrected chi connectivity index (χ3v) is 2.81. The molecule has 2 atom stereocenters. The highest BCUT2D eigenvalue weighted by Crippen LogP contribution is 2.49. The molecule has 1 aromatic carbocycles. The molecule has 2 aliphatic rings. The number of rotatable bonds is 0. The van der Waals surface area contributed by atoms with Crippen LogP contribution in [0.2, 0.25) is 0 Å². The minimum absolute atomic E-state index is 0.0829. The highest BCUT2D eigenvalue weighted by molar-refractivity contribution is 7.26. The summed E-state index contributed by atoms with van der Waals surface area (Å²) in [5.41, 5.74) is 2.46. The van der Waals surface area contributed by atoms with Gasteiger partial charge in [-0.05, 0) is 17.2 Å². The normalized spacial score (nSPS) is 26.3. The van der Waals surface area contributed by atoms with Crippen molar-refractivity contribution >= 4 is 15.1 Å². The molecule has 12 heavy (non-hydrogen) atoms. The second-order valence-corrected chi connectivity index (χ2v) is 3.47. The molecule has 0 N–H and O–H groups in total. The monoisotopic (exact) mass is 178 g/mol. The maximum atomic E-state index is 5.44. The Hall–Kier alpha value is -0.850. The van der Waals surface area contributed by atoms with Gasteiger partial charge >= 0.3 is 0 Å². The predicted molar refractivity (Wildman–Crippen MR) is 47.6 cm³/mol. The average molecular weight is 178 g/mol. The summed E-state index contributed by atoms with van der Waals surface area (Å²) in [7, 11) is 0.171. The molecular formula is C9H7O2P. The van der Waals surface area contributed by atoms with E-state index in [1.54, 1.807) is 0 Å². The van der Waals surface area contributed by atoms with Gasteiger partial charge < -0.3 is 9.05 Å². The van der Waals surface area contributed by atoms with Crippen molar-refractivity contribution in [2.24, 2.45) is 0 Å². The van der Waals surface area contributed by atoms with Gasteiger partial charge in [-0.1, -0.05) is 24.3 Å². The van der Waals surface area contributed by atoms with Crippen molar-refractivity contribution in [1.82, 2.24) is 0 Å². The van der Waals surface area contributed by atoms with Crippen molar-refractivity contribution in [3.05, 3.63) is 41.2 Å². The number of benzene rings is 1. The molecule has 1 aliphatic heterocycles. The quantitative estimate of drug-likeness (QED) is 0.568. The fraction of sp³-hybridized carbons (Fsp3) is 0.111. The van der Waals surface area contributed by atoms with Gasteiger partial charge in [0.1, 0.15) is 11.9 Å². The molecule has 3 heteroatoms. The van der Waals surface area contributed by atoms with Crippen LogP contribution in [-0.4, -0.2) is 0 Å². The summed E-state index contributed by atoms with van der Waals surface area (Å²) in [6, 6.07) is 8.22. The third kappa shape index (κ3) is 0.767. The second kappa shape index (κ2) is 2.32. The Labute approximate surface area is 72.1 Å². The molecule has 1 aliphatic carbocycles. The van der Waals surface area contributed by atoms with Crippen LogP contribution in [0.1, 0.15) is 17.2 Å². The average Bonchev–Trinajstić information content (AvgIpc) is 2.62. The van der Waals surface area contributed by atoms with E-state index in [0.717, 1.165) is 5.76 Å². The van der Waals surface area contributed by atoms with Crippen LogP contribution < -0.4 is 0 Å². The molecular weight excluding hydrogens is 171 g/mol. The van der Waals surface area contributed by atoms with E-state index in [1.165, 1.54) is 11.1 Å². The lowest BCUT2D eigenvalue weighted by atomic mass is 10.1.